The number of hydrogen-bond acceptors (Lipinski definition) is 6. The largest absolute Gasteiger partial charge is 0.451 e. The number of nitrogens with zero attached hydrogens (tertiary/aromatic N) is 2. The van der Waals surface area contributed by atoms with Crippen molar-refractivity contribution in [2.75, 3.05) is 18.0 Å². The van der Waals surface area contributed by atoms with Gasteiger partial charge in [0.15, 0.2) is 11.9 Å². The van der Waals surface area contributed by atoms with E-state index in [2.05, 4.69) is 6.92 Å². The van der Waals surface area contributed by atoms with Crippen LogP contribution in [-0.2, 0) is 9.53 Å². The monoisotopic (exact) mass is 334 g/mol. The number of carbonyl (C=O) groups is 2. The number of ether oxygens (including phenoxy) is 1. The summed E-state index contributed by atoms with van der Waals surface area (Å²) < 4.78 is 5.01. The van der Waals surface area contributed by atoms with Crippen LogP contribution < -0.4 is 4.90 Å². The first-order chi connectivity index (χ1) is 11.3. The number of hydrogen-bond donors (Lipinski definition) is 0. The fourth-order valence-corrected chi connectivity index (χ4v) is 2.63. The van der Waals surface area contributed by atoms with Gasteiger partial charge in [-0.05, 0) is 44.7 Å². The van der Waals surface area contributed by atoms with Crippen molar-refractivity contribution in [3.05, 3.63) is 33.9 Å². The van der Waals surface area contributed by atoms with Crippen molar-refractivity contribution in [2.45, 2.75) is 39.7 Å². The number of esters is 1. The van der Waals surface area contributed by atoms with Crippen LogP contribution in [-0.4, -0.2) is 35.9 Å². The number of benzene rings is 1. The van der Waals surface area contributed by atoms with Gasteiger partial charge in [0.1, 0.15) is 5.69 Å². The maximum Gasteiger partial charge on any atom is 0.339 e. The number of carbonyl (C=O) groups excluding carboxylic acids is 2. The molecular formula is C17H22N2O5. The molecule has 1 fully saturated rings. The summed E-state index contributed by atoms with van der Waals surface area (Å²) in [6.07, 6.45) is 1.09. The summed E-state index contributed by atoms with van der Waals surface area (Å²) in [4.78, 5) is 36.1. The Kier molecular flexibility index (Phi) is 5.54. The summed E-state index contributed by atoms with van der Waals surface area (Å²) in [5.41, 5.74) is 0.474. The van der Waals surface area contributed by atoms with E-state index in [1.54, 1.807) is 6.07 Å². The number of nitro benzene ring substituents is 1. The molecule has 1 saturated heterocycles. The smallest absolute Gasteiger partial charge is 0.339 e. The third kappa shape index (κ3) is 4.10. The Bertz CT molecular complexity index is 650. The summed E-state index contributed by atoms with van der Waals surface area (Å²) in [7, 11) is 0. The molecule has 0 amide bonds. The van der Waals surface area contributed by atoms with E-state index in [-0.39, 0.29) is 17.0 Å². The van der Waals surface area contributed by atoms with Gasteiger partial charge in [-0.2, -0.15) is 0 Å². The number of ketones is 1. The summed E-state index contributed by atoms with van der Waals surface area (Å²) in [6, 6.07) is 4.32. The van der Waals surface area contributed by atoms with Gasteiger partial charge in [-0.25, -0.2) is 4.79 Å². The van der Waals surface area contributed by atoms with Crippen molar-refractivity contribution in [1.82, 2.24) is 0 Å². The average Bonchev–Trinajstić information content (AvgIpc) is 2.54. The molecule has 1 heterocycles. The van der Waals surface area contributed by atoms with E-state index in [0.29, 0.717) is 11.6 Å². The second-order valence-corrected chi connectivity index (χ2v) is 6.29. The molecule has 1 aliphatic heterocycles. The van der Waals surface area contributed by atoms with Crippen LogP contribution in [0.15, 0.2) is 18.2 Å². The molecule has 7 heteroatoms. The van der Waals surface area contributed by atoms with Gasteiger partial charge in [-0.15, -0.1) is 0 Å². The molecule has 1 aliphatic rings. The lowest BCUT2D eigenvalue weighted by Crippen LogP contribution is -2.33. The van der Waals surface area contributed by atoms with Crippen molar-refractivity contribution in [3.8, 4) is 0 Å². The first kappa shape index (κ1) is 17.9. The number of rotatable bonds is 5. The molecule has 0 spiro atoms. The molecule has 24 heavy (non-hydrogen) atoms. The molecule has 130 valence electrons. The zero-order chi connectivity index (χ0) is 17.9. The Hall–Kier alpha value is -2.44. The lowest BCUT2D eigenvalue weighted by Gasteiger charge is -2.31. The van der Waals surface area contributed by atoms with Crippen molar-refractivity contribution in [3.63, 3.8) is 0 Å². The molecule has 0 radical (unpaired) electrons. The highest BCUT2D eigenvalue weighted by molar-refractivity contribution is 5.93. The van der Waals surface area contributed by atoms with Crippen LogP contribution in [0.25, 0.3) is 0 Å². The first-order valence-corrected chi connectivity index (χ1v) is 8.04. The van der Waals surface area contributed by atoms with E-state index in [4.69, 9.17) is 4.74 Å². The molecule has 1 unspecified atom stereocenters. The van der Waals surface area contributed by atoms with Crippen LogP contribution in [0.3, 0.4) is 0 Å². The molecule has 1 aromatic rings. The van der Waals surface area contributed by atoms with Crippen LogP contribution in [0.2, 0.25) is 0 Å². The molecule has 0 aromatic heterocycles. The van der Waals surface area contributed by atoms with Gasteiger partial charge in [0.2, 0.25) is 0 Å². The Morgan fingerprint density at radius 2 is 1.96 bits per heavy atom. The van der Waals surface area contributed by atoms with Gasteiger partial charge >= 0.3 is 5.97 Å². The van der Waals surface area contributed by atoms with Gasteiger partial charge in [-0.1, -0.05) is 6.92 Å². The summed E-state index contributed by atoms with van der Waals surface area (Å²) in [5, 5.41) is 11.4. The zero-order valence-corrected chi connectivity index (χ0v) is 14.2. The van der Waals surface area contributed by atoms with Gasteiger partial charge < -0.3 is 9.64 Å². The van der Waals surface area contributed by atoms with Gasteiger partial charge in [-0.3, -0.25) is 14.9 Å². The zero-order valence-electron chi connectivity index (χ0n) is 14.2. The SMILES string of the molecule is CC(=O)C(C)OC(=O)c1ccc(N2CCC(C)CC2)c([N+](=O)[O-])c1. The molecule has 0 aliphatic carbocycles. The fraction of sp³-hybridized carbons (Fsp3) is 0.529. The Morgan fingerprint density at radius 1 is 1.33 bits per heavy atom. The van der Waals surface area contributed by atoms with Gasteiger partial charge in [0, 0.05) is 19.2 Å². The van der Waals surface area contributed by atoms with E-state index in [1.807, 2.05) is 4.90 Å². The molecule has 2 rings (SSSR count). The van der Waals surface area contributed by atoms with E-state index < -0.39 is 17.0 Å². The van der Waals surface area contributed by atoms with Crippen molar-refractivity contribution in [2.24, 2.45) is 5.92 Å². The average molecular weight is 334 g/mol. The summed E-state index contributed by atoms with van der Waals surface area (Å²) in [6.45, 7) is 6.47. The first-order valence-electron chi connectivity index (χ1n) is 8.04. The number of piperidine rings is 1. The minimum atomic E-state index is -0.875. The van der Waals surface area contributed by atoms with Crippen molar-refractivity contribution in [1.29, 1.82) is 0 Å². The molecular weight excluding hydrogens is 312 g/mol. The minimum Gasteiger partial charge on any atom is -0.451 e. The molecule has 0 N–H and O–H groups in total. The van der Waals surface area contributed by atoms with E-state index >= 15 is 0 Å². The molecule has 0 saturated carbocycles. The molecule has 1 aromatic carbocycles. The third-order valence-electron chi connectivity index (χ3n) is 4.39. The highest BCUT2D eigenvalue weighted by Crippen LogP contribution is 2.32. The van der Waals surface area contributed by atoms with Crippen LogP contribution in [0, 0.1) is 16.0 Å². The highest BCUT2D eigenvalue weighted by Gasteiger charge is 2.25. The fourth-order valence-electron chi connectivity index (χ4n) is 2.63. The van der Waals surface area contributed by atoms with E-state index in [1.165, 1.54) is 26.0 Å². The lowest BCUT2D eigenvalue weighted by atomic mass is 9.98. The summed E-state index contributed by atoms with van der Waals surface area (Å²) in [5.74, 6) is -0.404. The van der Waals surface area contributed by atoms with E-state index in [0.717, 1.165) is 25.9 Å². The third-order valence-corrected chi connectivity index (χ3v) is 4.39. The molecule has 7 nitrogen and oxygen atoms in total. The Balaban J connectivity index is 2.25. The van der Waals surface area contributed by atoms with E-state index in [9.17, 15) is 19.7 Å². The maximum atomic E-state index is 12.1. The predicted octanol–water partition coefficient (Wildman–Crippen LogP) is 2.97. The van der Waals surface area contributed by atoms with Crippen molar-refractivity contribution < 1.29 is 19.2 Å². The normalized spacial score (nSPS) is 16.5. The maximum absolute atomic E-state index is 12.1. The number of nitro groups is 1. The van der Waals surface area contributed by atoms with Crippen LogP contribution in [0.4, 0.5) is 11.4 Å². The molecule has 1 atom stereocenters. The van der Waals surface area contributed by atoms with Gasteiger partial charge in [0.25, 0.3) is 5.69 Å². The Labute approximate surface area is 140 Å². The number of anilines is 1. The predicted molar refractivity (Wildman–Crippen MR) is 89.3 cm³/mol. The topological polar surface area (TPSA) is 89.8 Å². The molecule has 0 bridgehead atoms. The Morgan fingerprint density at radius 3 is 2.50 bits per heavy atom. The van der Waals surface area contributed by atoms with Crippen molar-refractivity contribution >= 4 is 23.1 Å². The minimum absolute atomic E-state index is 0.0731. The second kappa shape index (κ2) is 7.42. The summed E-state index contributed by atoms with van der Waals surface area (Å²) >= 11 is 0. The standard InChI is InChI=1S/C17H22N2O5/c1-11-6-8-18(9-7-11)15-5-4-14(10-16(15)19(22)23)17(21)24-13(3)12(2)20/h4-5,10-11,13H,6-9H2,1-3H3. The highest BCUT2D eigenvalue weighted by atomic mass is 16.6. The number of Topliss-reactive ketones (excluding diaryl/α,β-unsaturated/α-hetero) is 1. The quantitative estimate of drug-likeness (QED) is 0.467. The second-order valence-electron chi connectivity index (χ2n) is 6.29. The van der Waals surface area contributed by atoms with Gasteiger partial charge in [0.05, 0.1) is 10.5 Å². The van der Waals surface area contributed by atoms with Crippen LogP contribution >= 0.6 is 0 Å². The van der Waals surface area contributed by atoms with Crippen LogP contribution in [0.5, 0.6) is 0 Å². The van der Waals surface area contributed by atoms with Crippen LogP contribution in [0.1, 0.15) is 44.0 Å². The lowest BCUT2D eigenvalue weighted by molar-refractivity contribution is -0.384.